The van der Waals surface area contributed by atoms with Crippen molar-refractivity contribution >= 4 is 0 Å². The van der Waals surface area contributed by atoms with Crippen LogP contribution in [0.5, 0.6) is 0 Å². The maximum atomic E-state index is 7.29. The maximum absolute atomic E-state index is 7.29. The summed E-state index contributed by atoms with van der Waals surface area (Å²) in [6.07, 6.45) is 9.71. The molecule has 2 rings (SSSR count). The van der Waals surface area contributed by atoms with Crippen molar-refractivity contribution < 1.29 is 20.4 Å². The molecule has 0 bridgehead atoms. The second kappa shape index (κ2) is 7.11. The summed E-state index contributed by atoms with van der Waals surface area (Å²) in [6, 6.07) is 0. The van der Waals surface area contributed by atoms with Gasteiger partial charge in [-0.1, -0.05) is 6.42 Å². The molecule has 1 aliphatic heterocycles. The molecule has 2 fully saturated rings. The molecule has 97 valence electrons. The predicted molar refractivity (Wildman–Crippen MR) is 64.9 cm³/mol. The van der Waals surface area contributed by atoms with Crippen LogP contribution in [-0.2, 0) is 20.4 Å². The summed E-state index contributed by atoms with van der Waals surface area (Å²) in [7, 11) is 2.25. The third-order valence-corrected chi connectivity index (χ3v) is 4.77. The smallest absolute Gasteiger partial charge is 0 e. The largest absolute Gasteiger partial charge is 0.677 e. The Bertz CT molecular complexity index is 196. The summed E-state index contributed by atoms with van der Waals surface area (Å²) in [5, 5.41) is 0. The number of hydrogen-bond donors (Lipinski definition) is 0. The van der Waals surface area contributed by atoms with Crippen molar-refractivity contribution in [1.29, 1.82) is 0 Å². The summed E-state index contributed by atoms with van der Waals surface area (Å²) < 4.78 is 0. The van der Waals surface area contributed by atoms with Gasteiger partial charge < -0.3 is 10.6 Å². The first kappa shape index (κ1) is 16.6. The molecular formula is C13H25N2ReRf-. The van der Waals surface area contributed by atoms with Crippen molar-refractivity contribution in [1.82, 2.24) is 4.90 Å². The molecule has 2 aliphatic rings. The Morgan fingerprint density at radius 3 is 2.12 bits per heavy atom. The number of nitrogens with zero attached hydrogens (tertiary/aromatic N) is 1. The summed E-state index contributed by atoms with van der Waals surface area (Å²) in [6.45, 7) is 3.26. The van der Waals surface area contributed by atoms with Crippen molar-refractivity contribution in [3.05, 3.63) is 5.73 Å². The molecule has 1 saturated carbocycles. The van der Waals surface area contributed by atoms with Gasteiger partial charge in [0.1, 0.15) is 0 Å². The molecule has 2 nitrogen and oxygen atoms in total. The average Bonchev–Trinajstić information content (AvgIpc) is 2.27. The normalized spacial score (nSPS) is 25.1. The van der Waals surface area contributed by atoms with Crippen LogP contribution in [0.4, 0.5) is 0 Å². The van der Waals surface area contributed by atoms with Gasteiger partial charge in [0, 0.05) is 20.4 Å². The SMILES string of the molecule is CN1CCC2(CCC(CC[NH-])CC2)CC1.[Re].[Rf]. The fraction of sp³-hybridized carbons (Fsp3) is 1.00. The van der Waals surface area contributed by atoms with E-state index in [0.29, 0.717) is 12.0 Å². The third-order valence-electron chi connectivity index (χ3n) is 4.77. The molecule has 0 aromatic rings. The first-order chi connectivity index (χ1) is 7.24. The van der Waals surface area contributed by atoms with E-state index in [1.165, 1.54) is 51.6 Å². The van der Waals surface area contributed by atoms with Gasteiger partial charge in [0.15, 0.2) is 0 Å². The van der Waals surface area contributed by atoms with Crippen LogP contribution in [0.1, 0.15) is 44.9 Å². The van der Waals surface area contributed by atoms with Crippen LogP contribution in [-0.4, -0.2) is 31.6 Å². The molecule has 0 aromatic heterocycles. The number of hydrogen-bond acceptors (Lipinski definition) is 1. The molecule has 0 aromatic carbocycles. The third kappa shape index (κ3) is 4.07. The molecule has 1 spiro atoms. The van der Waals surface area contributed by atoms with E-state index in [0.717, 1.165) is 12.3 Å². The quantitative estimate of drug-likeness (QED) is 0.446. The van der Waals surface area contributed by atoms with Gasteiger partial charge in [-0.05, 0) is 70.0 Å². The molecule has 1 heterocycles. The number of rotatable bonds is 2. The zero-order valence-electron chi connectivity index (χ0n) is 11.2. The Morgan fingerprint density at radius 2 is 1.65 bits per heavy atom. The van der Waals surface area contributed by atoms with Gasteiger partial charge in [0.2, 0.25) is 0 Å². The minimum atomic E-state index is 0. The van der Waals surface area contributed by atoms with Crippen LogP contribution in [0.3, 0.4) is 0 Å². The zero-order valence-corrected chi connectivity index (χ0v) is 20.3. The molecule has 1 N–H and O–H groups in total. The number of likely N-dealkylation sites (tertiary alicyclic amines) is 1. The first-order valence-electron chi connectivity index (χ1n) is 6.57. The van der Waals surface area contributed by atoms with E-state index in [9.17, 15) is 0 Å². The van der Waals surface area contributed by atoms with Gasteiger partial charge in [-0.25, -0.2) is 0 Å². The van der Waals surface area contributed by atoms with Gasteiger partial charge in [-0.15, -0.1) is 0 Å². The van der Waals surface area contributed by atoms with E-state index in [4.69, 9.17) is 5.73 Å². The molecule has 1 aliphatic carbocycles. The molecule has 1 saturated heterocycles. The molecule has 0 atom stereocenters. The summed E-state index contributed by atoms with van der Waals surface area (Å²) in [5.74, 6) is 0.882. The Balaban J connectivity index is 0.00000128. The van der Waals surface area contributed by atoms with Crippen LogP contribution < -0.4 is 0 Å². The standard InChI is InChI=1S/C13H25N2.Re.Rf/c1-15-10-7-13(8-11-15)5-2-12(3-6-13)4-9-14;;/h12,14H,2-11H2,1H3;;/q-1;;. The van der Waals surface area contributed by atoms with Crippen molar-refractivity contribution in [2.24, 2.45) is 11.3 Å². The van der Waals surface area contributed by atoms with Gasteiger partial charge in [-0.3, -0.25) is 0 Å². The summed E-state index contributed by atoms with van der Waals surface area (Å²) >= 11 is 0. The second-order valence-corrected chi connectivity index (χ2v) is 5.79. The Morgan fingerprint density at radius 1 is 1.12 bits per heavy atom. The van der Waals surface area contributed by atoms with Crippen molar-refractivity contribution in [3.8, 4) is 0 Å². The Kier molecular flexibility index (Phi) is 6.94. The van der Waals surface area contributed by atoms with E-state index >= 15 is 0 Å². The van der Waals surface area contributed by atoms with Crippen LogP contribution in [0, 0.1) is 11.3 Å². The number of piperidine rings is 1. The van der Waals surface area contributed by atoms with E-state index in [1.807, 2.05) is 0 Å². The molecule has 0 amide bonds. The van der Waals surface area contributed by atoms with Crippen LogP contribution in [0.2, 0.25) is 0 Å². The van der Waals surface area contributed by atoms with Crippen LogP contribution >= 0.6 is 0 Å². The molecule has 17 heavy (non-hydrogen) atoms. The molecular weight excluding hydrogens is 637 g/mol. The van der Waals surface area contributed by atoms with E-state index in [2.05, 4.69) is 11.9 Å². The van der Waals surface area contributed by atoms with Gasteiger partial charge in [0.05, 0.1) is 0 Å². The minimum absolute atomic E-state index is 0. The van der Waals surface area contributed by atoms with E-state index < -0.39 is 0 Å². The monoisotopic (exact) mass is 663 g/mol. The van der Waals surface area contributed by atoms with Gasteiger partial charge in [-0.2, -0.15) is 6.54 Å². The Labute approximate surface area is 114 Å². The topological polar surface area (TPSA) is 27.0 Å². The van der Waals surface area contributed by atoms with Crippen molar-refractivity contribution in [3.63, 3.8) is 0 Å². The van der Waals surface area contributed by atoms with Gasteiger partial charge in [0.25, 0.3) is 0 Å². The summed E-state index contributed by atoms with van der Waals surface area (Å²) in [4.78, 5) is 2.47. The van der Waals surface area contributed by atoms with Gasteiger partial charge >= 0.3 is 0 Å². The molecule has 0 unspecified atom stereocenters. The molecule has 1 radical (unpaired) electrons. The molecule has 4 heteroatoms. The average molecular weight is 663 g/mol. The van der Waals surface area contributed by atoms with Crippen LogP contribution in [0.15, 0.2) is 0 Å². The number of nitrogens with one attached hydrogen (secondary N) is 1. The fourth-order valence-corrected chi connectivity index (χ4v) is 3.38. The van der Waals surface area contributed by atoms with Crippen LogP contribution in [0.25, 0.3) is 5.73 Å². The maximum Gasteiger partial charge on any atom is 0 e. The summed E-state index contributed by atoms with van der Waals surface area (Å²) in [5.41, 5.74) is 8.01. The first-order valence-corrected chi connectivity index (χ1v) is 6.57. The fourth-order valence-electron chi connectivity index (χ4n) is 3.38. The van der Waals surface area contributed by atoms with Crippen molar-refractivity contribution in [2.75, 3.05) is 26.7 Å². The second-order valence-electron chi connectivity index (χ2n) is 5.79. The van der Waals surface area contributed by atoms with E-state index in [-0.39, 0.29) is 20.4 Å². The predicted octanol–water partition coefficient (Wildman–Crippen LogP) is 3.33. The minimum Gasteiger partial charge on any atom is -0.677 e. The Hall–Kier alpha value is -0.418. The zero-order chi connectivity index (χ0) is 10.7. The van der Waals surface area contributed by atoms with Crippen molar-refractivity contribution in [2.45, 2.75) is 44.9 Å². The van der Waals surface area contributed by atoms with E-state index in [1.54, 1.807) is 0 Å².